The Labute approximate surface area is 151 Å². The van der Waals surface area contributed by atoms with Crippen molar-refractivity contribution in [2.45, 2.75) is 13.5 Å². The van der Waals surface area contributed by atoms with Gasteiger partial charge in [0.05, 0.1) is 18.4 Å². The summed E-state index contributed by atoms with van der Waals surface area (Å²) in [5.41, 5.74) is 9.69. The minimum Gasteiger partial charge on any atom is -0.497 e. The van der Waals surface area contributed by atoms with Crippen LogP contribution in [0.1, 0.15) is 21.6 Å². The molecule has 3 rings (SSSR count). The lowest BCUT2D eigenvalue weighted by molar-refractivity contribution is 0.0999. The number of methoxy groups -OCH3 is 1. The summed E-state index contributed by atoms with van der Waals surface area (Å²) in [6.45, 7) is 2.49. The number of amides is 1. The number of primary amides is 1. The number of carbonyl (C=O) groups is 1. The van der Waals surface area contributed by atoms with Gasteiger partial charge in [-0.15, -0.1) is 0 Å². The van der Waals surface area contributed by atoms with Crippen LogP contribution in [0.2, 0.25) is 5.02 Å². The molecule has 3 aromatic rings. The van der Waals surface area contributed by atoms with Gasteiger partial charge in [0.1, 0.15) is 5.75 Å². The molecule has 0 bridgehead atoms. The van der Waals surface area contributed by atoms with E-state index in [0.29, 0.717) is 17.1 Å². The number of nitrogens with zero attached hydrogens (tertiary/aromatic N) is 1. The molecule has 0 saturated carbocycles. The van der Waals surface area contributed by atoms with Crippen molar-refractivity contribution < 1.29 is 9.53 Å². The highest BCUT2D eigenvalue weighted by Crippen LogP contribution is 2.32. The second-order valence-corrected chi connectivity index (χ2v) is 6.21. The van der Waals surface area contributed by atoms with Gasteiger partial charge in [-0.1, -0.05) is 41.9 Å². The summed E-state index contributed by atoms with van der Waals surface area (Å²) in [5, 5.41) is 0.631. The topological polar surface area (TPSA) is 57.2 Å². The molecular formula is C20H19ClN2O2. The molecule has 128 valence electrons. The highest BCUT2D eigenvalue weighted by Gasteiger charge is 2.18. The second-order valence-electron chi connectivity index (χ2n) is 5.81. The molecule has 0 aliphatic carbocycles. The largest absolute Gasteiger partial charge is 0.497 e. The molecule has 5 heteroatoms. The van der Waals surface area contributed by atoms with E-state index in [1.807, 2.05) is 61.5 Å². The summed E-state index contributed by atoms with van der Waals surface area (Å²) in [4.78, 5) is 11.8. The van der Waals surface area contributed by atoms with Crippen LogP contribution < -0.4 is 10.5 Å². The molecule has 0 spiro atoms. The highest BCUT2D eigenvalue weighted by molar-refractivity contribution is 6.33. The maximum atomic E-state index is 11.8. The summed E-state index contributed by atoms with van der Waals surface area (Å²) < 4.78 is 7.26. The normalized spacial score (nSPS) is 10.7. The van der Waals surface area contributed by atoms with Crippen LogP contribution >= 0.6 is 11.6 Å². The Kier molecular flexibility index (Phi) is 4.81. The maximum absolute atomic E-state index is 11.8. The van der Waals surface area contributed by atoms with Crippen LogP contribution in [-0.4, -0.2) is 17.6 Å². The summed E-state index contributed by atoms with van der Waals surface area (Å²) >= 11 is 6.37. The number of aromatic nitrogens is 1. The number of benzene rings is 2. The summed E-state index contributed by atoms with van der Waals surface area (Å²) in [6, 6.07) is 17.2. The fourth-order valence-electron chi connectivity index (χ4n) is 2.90. The number of rotatable bonds is 5. The number of hydrogen-bond donors (Lipinski definition) is 1. The maximum Gasteiger partial charge on any atom is 0.250 e. The second kappa shape index (κ2) is 7.03. The van der Waals surface area contributed by atoms with Crippen molar-refractivity contribution in [1.82, 2.24) is 4.57 Å². The molecule has 1 aromatic heterocycles. The SMILES string of the molecule is COc1ccc(Cn2c(-c3ccccc3Cl)cc(C(N)=O)c2C)cc1. The van der Waals surface area contributed by atoms with E-state index < -0.39 is 5.91 Å². The van der Waals surface area contributed by atoms with Gasteiger partial charge in [-0.2, -0.15) is 0 Å². The molecule has 4 nitrogen and oxygen atoms in total. The Bertz CT molecular complexity index is 914. The van der Waals surface area contributed by atoms with Crippen molar-refractivity contribution in [2.75, 3.05) is 7.11 Å². The van der Waals surface area contributed by atoms with Crippen LogP contribution in [0.4, 0.5) is 0 Å². The third kappa shape index (κ3) is 3.39. The average Bonchev–Trinajstić information content (AvgIpc) is 2.93. The molecule has 0 radical (unpaired) electrons. The van der Waals surface area contributed by atoms with Gasteiger partial charge < -0.3 is 15.0 Å². The van der Waals surface area contributed by atoms with E-state index in [9.17, 15) is 4.79 Å². The van der Waals surface area contributed by atoms with E-state index in [4.69, 9.17) is 22.1 Å². The first-order valence-corrected chi connectivity index (χ1v) is 8.27. The van der Waals surface area contributed by atoms with Crippen LogP contribution in [0.5, 0.6) is 5.75 Å². The van der Waals surface area contributed by atoms with Crippen molar-refractivity contribution >= 4 is 17.5 Å². The van der Waals surface area contributed by atoms with Gasteiger partial charge in [0.25, 0.3) is 5.91 Å². The number of halogens is 1. The van der Waals surface area contributed by atoms with Crippen molar-refractivity contribution in [3.05, 3.63) is 76.4 Å². The molecule has 1 heterocycles. The molecule has 1 amide bonds. The van der Waals surface area contributed by atoms with Gasteiger partial charge in [-0.25, -0.2) is 0 Å². The Balaban J connectivity index is 2.10. The molecular weight excluding hydrogens is 336 g/mol. The van der Waals surface area contributed by atoms with Crippen LogP contribution in [0.3, 0.4) is 0 Å². The molecule has 2 aromatic carbocycles. The first-order chi connectivity index (χ1) is 12.0. The van der Waals surface area contributed by atoms with Gasteiger partial charge in [0.15, 0.2) is 0 Å². The smallest absolute Gasteiger partial charge is 0.250 e. The number of ether oxygens (including phenoxy) is 1. The lowest BCUT2D eigenvalue weighted by Gasteiger charge is -2.13. The predicted octanol–water partition coefficient (Wildman–Crippen LogP) is 4.27. The Morgan fingerprint density at radius 2 is 1.84 bits per heavy atom. The summed E-state index contributed by atoms with van der Waals surface area (Å²) in [7, 11) is 1.64. The Morgan fingerprint density at radius 1 is 1.16 bits per heavy atom. The minimum absolute atomic E-state index is 0.445. The Morgan fingerprint density at radius 3 is 2.44 bits per heavy atom. The first kappa shape index (κ1) is 17.1. The summed E-state index contributed by atoms with van der Waals surface area (Å²) in [5.74, 6) is 0.358. The number of nitrogens with two attached hydrogens (primary N) is 1. The minimum atomic E-state index is -0.445. The zero-order valence-corrected chi connectivity index (χ0v) is 14.9. The van der Waals surface area contributed by atoms with Crippen molar-refractivity contribution in [3.63, 3.8) is 0 Å². The van der Waals surface area contributed by atoms with Gasteiger partial charge in [0, 0.05) is 22.8 Å². The molecule has 2 N–H and O–H groups in total. The van der Waals surface area contributed by atoms with Crippen LogP contribution in [0.25, 0.3) is 11.3 Å². The molecule has 0 atom stereocenters. The van der Waals surface area contributed by atoms with E-state index >= 15 is 0 Å². The van der Waals surface area contributed by atoms with Crippen LogP contribution in [0, 0.1) is 6.92 Å². The van der Waals surface area contributed by atoms with Crippen LogP contribution in [-0.2, 0) is 6.54 Å². The van der Waals surface area contributed by atoms with Gasteiger partial charge in [-0.05, 0) is 36.8 Å². The fourth-order valence-corrected chi connectivity index (χ4v) is 3.14. The molecule has 0 aliphatic heterocycles. The van der Waals surface area contributed by atoms with Crippen molar-refractivity contribution in [3.8, 4) is 17.0 Å². The average molecular weight is 355 g/mol. The van der Waals surface area contributed by atoms with E-state index in [1.54, 1.807) is 7.11 Å². The monoisotopic (exact) mass is 354 g/mol. The third-order valence-corrected chi connectivity index (χ3v) is 4.61. The number of hydrogen-bond acceptors (Lipinski definition) is 2. The standard InChI is InChI=1S/C20H19ClN2O2/c1-13-17(20(22)24)11-19(16-5-3-4-6-18(16)21)23(13)12-14-7-9-15(25-2)10-8-14/h3-11H,12H2,1-2H3,(H2,22,24). The van der Waals surface area contributed by atoms with Crippen molar-refractivity contribution in [1.29, 1.82) is 0 Å². The van der Waals surface area contributed by atoms with E-state index in [-0.39, 0.29) is 0 Å². The molecule has 0 fully saturated rings. The Hall–Kier alpha value is -2.72. The lowest BCUT2D eigenvalue weighted by atomic mass is 10.1. The first-order valence-electron chi connectivity index (χ1n) is 7.89. The quantitative estimate of drug-likeness (QED) is 0.743. The fraction of sp³-hybridized carbons (Fsp3) is 0.150. The lowest BCUT2D eigenvalue weighted by Crippen LogP contribution is -2.12. The number of carbonyl (C=O) groups excluding carboxylic acids is 1. The third-order valence-electron chi connectivity index (χ3n) is 4.28. The molecule has 0 aliphatic rings. The van der Waals surface area contributed by atoms with Crippen molar-refractivity contribution in [2.24, 2.45) is 5.73 Å². The molecule has 25 heavy (non-hydrogen) atoms. The van der Waals surface area contributed by atoms with E-state index in [1.165, 1.54) is 0 Å². The summed E-state index contributed by atoms with van der Waals surface area (Å²) in [6.07, 6.45) is 0. The van der Waals surface area contributed by atoms with Gasteiger partial charge in [0.2, 0.25) is 0 Å². The van der Waals surface area contributed by atoms with E-state index in [2.05, 4.69) is 4.57 Å². The zero-order chi connectivity index (χ0) is 18.0. The molecule has 0 saturated heterocycles. The molecule has 0 unspecified atom stereocenters. The van der Waals surface area contributed by atoms with Crippen LogP contribution in [0.15, 0.2) is 54.6 Å². The van der Waals surface area contributed by atoms with Gasteiger partial charge >= 0.3 is 0 Å². The van der Waals surface area contributed by atoms with E-state index in [0.717, 1.165) is 28.3 Å². The predicted molar refractivity (Wildman–Crippen MR) is 100 cm³/mol. The zero-order valence-electron chi connectivity index (χ0n) is 14.1. The highest BCUT2D eigenvalue weighted by atomic mass is 35.5. The van der Waals surface area contributed by atoms with Gasteiger partial charge in [-0.3, -0.25) is 4.79 Å².